The van der Waals surface area contributed by atoms with Gasteiger partial charge in [0.25, 0.3) is 0 Å². The Labute approximate surface area is 154 Å². The molecule has 138 valence electrons. The fourth-order valence-electron chi connectivity index (χ4n) is 4.98. The van der Waals surface area contributed by atoms with E-state index in [9.17, 15) is 4.39 Å². The molecule has 2 saturated heterocycles. The largest absolute Gasteiger partial charge is 0.488 e. The second kappa shape index (κ2) is 7.81. The summed E-state index contributed by atoms with van der Waals surface area (Å²) in [5.74, 6) is 1.73. The van der Waals surface area contributed by atoms with Crippen LogP contribution in [0.4, 0.5) is 4.39 Å². The average Bonchev–Trinajstić information content (AvgIpc) is 2.64. The summed E-state index contributed by atoms with van der Waals surface area (Å²) in [6.07, 6.45) is 9.29. The lowest BCUT2D eigenvalue weighted by molar-refractivity contribution is 0.0880. The van der Waals surface area contributed by atoms with Crippen molar-refractivity contribution in [3.63, 3.8) is 0 Å². The second-order valence-electron chi connectivity index (χ2n) is 7.97. The maximum absolute atomic E-state index is 13.2. The Bertz CT molecular complexity index is 599. The van der Waals surface area contributed by atoms with Crippen molar-refractivity contribution in [1.29, 1.82) is 0 Å². The van der Waals surface area contributed by atoms with Gasteiger partial charge >= 0.3 is 0 Å². The highest BCUT2D eigenvalue weighted by molar-refractivity contribution is 6.32. The number of rotatable bonds is 3. The molecule has 0 spiro atoms. The lowest BCUT2D eigenvalue weighted by Gasteiger charge is -2.45. The molecule has 3 fully saturated rings. The number of nitrogens with one attached hydrogen (secondary N) is 2. The van der Waals surface area contributed by atoms with Crippen LogP contribution in [0.15, 0.2) is 18.2 Å². The van der Waals surface area contributed by atoms with Gasteiger partial charge in [0.1, 0.15) is 17.7 Å². The van der Waals surface area contributed by atoms with Crippen LogP contribution in [-0.4, -0.2) is 31.3 Å². The molecule has 1 aromatic rings. The third-order valence-electron chi connectivity index (χ3n) is 6.29. The molecule has 5 heteroatoms. The standard InChI is InChI=1S/C20H28ClFN2O/c21-17-10-15(22)6-8-20(17)25-16-9-14(11-23-12-16)19-7-5-13-3-1-2-4-18(13)24-19/h6,8,10,13-14,16,18-19,23-24H,1-5,7,9,11-12H2. The Kier molecular flexibility index (Phi) is 5.49. The van der Waals surface area contributed by atoms with Gasteiger partial charge in [0, 0.05) is 18.6 Å². The van der Waals surface area contributed by atoms with Crippen LogP contribution in [0.5, 0.6) is 5.75 Å². The van der Waals surface area contributed by atoms with Gasteiger partial charge in [-0.15, -0.1) is 0 Å². The molecule has 2 aliphatic heterocycles. The summed E-state index contributed by atoms with van der Waals surface area (Å²) in [7, 11) is 0. The van der Waals surface area contributed by atoms with Gasteiger partial charge < -0.3 is 15.4 Å². The van der Waals surface area contributed by atoms with Gasteiger partial charge in [-0.25, -0.2) is 4.39 Å². The lowest BCUT2D eigenvalue weighted by atomic mass is 9.74. The summed E-state index contributed by atoms with van der Waals surface area (Å²) in [5.41, 5.74) is 0. The molecule has 5 atom stereocenters. The van der Waals surface area contributed by atoms with E-state index in [1.807, 2.05) is 0 Å². The number of fused-ring (bicyclic) bond motifs is 1. The fourth-order valence-corrected chi connectivity index (χ4v) is 5.19. The predicted octanol–water partition coefficient (Wildman–Crippen LogP) is 4.15. The van der Waals surface area contributed by atoms with E-state index in [1.165, 1.54) is 50.7 Å². The minimum atomic E-state index is -0.328. The molecule has 1 aromatic carbocycles. The van der Waals surface area contributed by atoms with Crippen molar-refractivity contribution in [3.8, 4) is 5.75 Å². The molecule has 4 rings (SSSR count). The highest BCUT2D eigenvalue weighted by atomic mass is 35.5. The van der Waals surface area contributed by atoms with Crippen molar-refractivity contribution in [2.75, 3.05) is 13.1 Å². The molecule has 2 heterocycles. The normalized spacial score (nSPS) is 35.8. The van der Waals surface area contributed by atoms with Gasteiger partial charge in [-0.2, -0.15) is 0 Å². The molecule has 3 aliphatic rings. The maximum Gasteiger partial charge on any atom is 0.138 e. The molecule has 0 aromatic heterocycles. The van der Waals surface area contributed by atoms with Crippen LogP contribution in [0, 0.1) is 17.7 Å². The molecule has 1 saturated carbocycles. The average molecular weight is 367 g/mol. The van der Waals surface area contributed by atoms with Crippen molar-refractivity contribution in [2.45, 2.75) is 63.1 Å². The van der Waals surface area contributed by atoms with Crippen LogP contribution in [0.2, 0.25) is 5.02 Å². The lowest BCUT2D eigenvalue weighted by Crippen LogP contribution is -2.56. The Balaban J connectivity index is 1.36. The summed E-state index contributed by atoms with van der Waals surface area (Å²) in [6.45, 7) is 1.87. The summed E-state index contributed by atoms with van der Waals surface area (Å²) < 4.78 is 19.3. The van der Waals surface area contributed by atoms with Crippen LogP contribution in [0.25, 0.3) is 0 Å². The maximum atomic E-state index is 13.2. The molecular formula is C20H28ClFN2O. The van der Waals surface area contributed by atoms with Gasteiger partial charge in [0.05, 0.1) is 5.02 Å². The van der Waals surface area contributed by atoms with E-state index in [-0.39, 0.29) is 11.9 Å². The summed E-state index contributed by atoms with van der Waals surface area (Å²) in [6, 6.07) is 5.66. The Morgan fingerprint density at radius 1 is 1.00 bits per heavy atom. The van der Waals surface area contributed by atoms with Crippen LogP contribution in [-0.2, 0) is 0 Å². The first-order valence-electron chi connectivity index (χ1n) is 9.77. The highest BCUT2D eigenvalue weighted by Crippen LogP contribution is 2.35. The van der Waals surface area contributed by atoms with Crippen LogP contribution >= 0.6 is 11.6 Å². The van der Waals surface area contributed by atoms with E-state index in [0.717, 1.165) is 31.5 Å². The first kappa shape index (κ1) is 17.6. The first-order chi connectivity index (χ1) is 12.2. The zero-order chi connectivity index (χ0) is 17.2. The van der Waals surface area contributed by atoms with Gasteiger partial charge in [-0.1, -0.05) is 24.4 Å². The number of benzene rings is 1. The highest BCUT2D eigenvalue weighted by Gasteiger charge is 2.37. The third kappa shape index (κ3) is 4.12. The predicted molar refractivity (Wildman–Crippen MR) is 98.7 cm³/mol. The van der Waals surface area contributed by atoms with Crippen LogP contribution < -0.4 is 15.4 Å². The SMILES string of the molecule is Fc1ccc(OC2CNCC(C3CCC4CCCCC4N3)C2)c(Cl)c1. The Morgan fingerprint density at radius 2 is 1.84 bits per heavy atom. The van der Waals surface area contributed by atoms with Crippen molar-refractivity contribution < 1.29 is 9.13 Å². The van der Waals surface area contributed by atoms with Crippen LogP contribution in [0.1, 0.15) is 44.9 Å². The van der Waals surface area contributed by atoms with E-state index < -0.39 is 0 Å². The molecule has 0 bridgehead atoms. The van der Waals surface area contributed by atoms with Gasteiger partial charge in [0.15, 0.2) is 0 Å². The minimum absolute atomic E-state index is 0.0904. The van der Waals surface area contributed by atoms with E-state index in [2.05, 4.69) is 10.6 Å². The number of piperidine rings is 2. The van der Waals surface area contributed by atoms with Gasteiger partial charge in [0.2, 0.25) is 0 Å². The van der Waals surface area contributed by atoms with Crippen molar-refractivity contribution >= 4 is 11.6 Å². The number of hydrogen-bond donors (Lipinski definition) is 2. The Hall–Kier alpha value is -0.840. The number of halogens is 2. The Morgan fingerprint density at radius 3 is 2.72 bits per heavy atom. The molecule has 0 radical (unpaired) electrons. The van der Waals surface area contributed by atoms with E-state index in [0.29, 0.717) is 22.7 Å². The molecule has 1 aliphatic carbocycles. The van der Waals surface area contributed by atoms with Crippen molar-refractivity contribution in [3.05, 3.63) is 29.0 Å². The van der Waals surface area contributed by atoms with E-state index in [1.54, 1.807) is 6.07 Å². The first-order valence-corrected chi connectivity index (χ1v) is 10.2. The molecule has 0 amide bonds. The summed E-state index contributed by atoms with van der Waals surface area (Å²) >= 11 is 6.11. The summed E-state index contributed by atoms with van der Waals surface area (Å²) in [5, 5.41) is 7.83. The molecular weight excluding hydrogens is 339 g/mol. The topological polar surface area (TPSA) is 33.3 Å². The minimum Gasteiger partial charge on any atom is -0.488 e. The van der Waals surface area contributed by atoms with Crippen molar-refractivity contribution in [2.24, 2.45) is 11.8 Å². The van der Waals surface area contributed by atoms with E-state index >= 15 is 0 Å². The zero-order valence-electron chi connectivity index (χ0n) is 14.6. The summed E-state index contributed by atoms with van der Waals surface area (Å²) in [4.78, 5) is 0. The van der Waals surface area contributed by atoms with Crippen LogP contribution in [0.3, 0.4) is 0 Å². The molecule has 2 N–H and O–H groups in total. The monoisotopic (exact) mass is 366 g/mol. The van der Waals surface area contributed by atoms with Gasteiger partial charge in [-0.3, -0.25) is 0 Å². The smallest absolute Gasteiger partial charge is 0.138 e. The molecule has 5 unspecified atom stereocenters. The quantitative estimate of drug-likeness (QED) is 0.843. The fraction of sp³-hybridized carbons (Fsp3) is 0.700. The molecule has 3 nitrogen and oxygen atoms in total. The zero-order valence-corrected chi connectivity index (χ0v) is 15.4. The van der Waals surface area contributed by atoms with Crippen molar-refractivity contribution in [1.82, 2.24) is 10.6 Å². The molecule has 25 heavy (non-hydrogen) atoms. The number of hydrogen-bond acceptors (Lipinski definition) is 3. The van der Waals surface area contributed by atoms with Gasteiger partial charge in [-0.05, 0) is 68.7 Å². The second-order valence-corrected chi connectivity index (χ2v) is 8.38. The number of ether oxygens (including phenoxy) is 1. The van der Waals surface area contributed by atoms with E-state index in [4.69, 9.17) is 16.3 Å². The third-order valence-corrected chi connectivity index (χ3v) is 6.58.